The number of thiazole rings is 1. The molecule has 118 valence electrons. The summed E-state index contributed by atoms with van der Waals surface area (Å²) in [6, 6.07) is 3.91. The molecule has 0 saturated carbocycles. The molecule has 0 radical (unpaired) electrons. The highest BCUT2D eigenvalue weighted by Gasteiger charge is 2.07. The van der Waals surface area contributed by atoms with Crippen LogP contribution in [0.2, 0.25) is 0 Å². The van der Waals surface area contributed by atoms with Crippen LogP contribution in [0.3, 0.4) is 0 Å². The van der Waals surface area contributed by atoms with Gasteiger partial charge in [0.05, 0.1) is 12.1 Å². The number of carbonyl (C=O) groups excluding carboxylic acids is 1. The third-order valence-corrected chi connectivity index (χ3v) is 4.84. The fourth-order valence-electron chi connectivity index (χ4n) is 1.84. The normalized spacial score (nSPS) is 10.5. The predicted molar refractivity (Wildman–Crippen MR) is 92.7 cm³/mol. The molecule has 0 aliphatic carbocycles. The predicted octanol–water partition coefficient (Wildman–Crippen LogP) is 2.73. The minimum atomic E-state index is -0.00195. The zero-order valence-corrected chi connectivity index (χ0v) is 14.4. The molecule has 0 spiro atoms. The number of carbonyl (C=O) groups is 1. The van der Waals surface area contributed by atoms with E-state index in [4.69, 9.17) is 0 Å². The summed E-state index contributed by atoms with van der Waals surface area (Å²) >= 11 is 3.30. The highest BCUT2D eigenvalue weighted by molar-refractivity contribution is 8.00. The molecule has 0 saturated heterocycles. The second-order valence-corrected chi connectivity index (χ2v) is 7.03. The lowest BCUT2D eigenvalue weighted by Crippen LogP contribution is -2.30. The minimum Gasteiger partial charge on any atom is -0.368 e. The van der Waals surface area contributed by atoms with Crippen molar-refractivity contribution >= 4 is 34.8 Å². The quantitative estimate of drug-likeness (QED) is 0.573. The number of thioether (sulfide) groups is 1. The molecule has 1 amide bonds. The summed E-state index contributed by atoms with van der Waals surface area (Å²) in [6.07, 6.45) is 2.09. The second-order valence-electron chi connectivity index (χ2n) is 4.66. The van der Waals surface area contributed by atoms with Crippen molar-refractivity contribution in [3.8, 4) is 0 Å². The fourth-order valence-corrected chi connectivity index (χ4v) is 3.58. The largest absolute Gasteiger partial charge is 0.368 e. The highest BCUT2D eigenvalue weighted by Crippen LogP contribution is 2.22. The van der Waals surface area contributed by atoms with E-state index in [1.807, 2.05) is 24.4 Å². The van der Waals surface area contributed by atoms with Gasteiger partial charge in [0.25, 0.3) is 0 Å². The highest BCUT2D eigenvalue weighted by atomic mass is 32.2. The van der Waals surface area contributed by atoms with Gasteiger partial charge in [-0.3, -0.25) is 4.79 Å². The van der Waals surface area contributed by atoms with Gasteiger partial charge in [0.1, 0.15) is 10.2 Å². The lowest BCUT2D eigenvalue weighted by Gasteiger charge is -2.08. The smallest absolute Gasteiger partial charge is 0.226 e. The summed E-state index contributed by atoms with van der Waals surface area (Å²) in [4.78, 5) is 20.5. The average molecular weight is 336 g/mol. The van der Waals surface area contributed by atoms with Gasteiger partial charge >= 0.3 is 0 Å². The van der Waals surface area contributed by atoms with Crippen molar-refractivity contribution in [2.75, 3.05) is 24.2 Å². The van der Waals surface area contributed by atoms with Crippen molar-refractivity contribution in [3.05, 3.63) is 35.0 Å². The number of aromatic nitrogens is 2. The molecule has 2 rings (SSSR count). The third kappa shape index (κ3) is 5.31. The molecule has 2 heterocycles. The number of nitrogens with one attached hydrogen (secondary N) is 2. The number of aryl methyl sites for hydroxylation is 1. The van der Waals surface area contributed by atoms with Crippen LogP contribution in [0.4, 0.5) is 5.82 Å². The van der Waals surface area contributed by atoms with Gasteiger partial charge in [0.2, 0.25) is 5.91 Å². The van der Waals surface area contributed by atoms with Crippen LogP contribution in [0.15, 0.2) is 28.0 Å². The third-order valence-electron chi connectivity index (χ3n) is 2.89. The van der Waals surface area contributed by atoms with Crippen LogP contribution in [-0.2, 0) is 11.2 Å². The lowest BCUT2D eigenvalue weighted by atomic mass is 10.3. The van der Waals surface area contributed by atoms with Crippen molar-refractivity contribution in [1.29, 1.82) is 0 Å². The van der Waals surface area contributed by atoms with Crippen molar-refractivity contribution in [2.45, 2.75) is 24.6 Å². The summed E-state index contributed by atoms with van der Waals surface area (Å²) in [5, 5.41) is 8.05. The molecule has 0 unspecified atom stereocenters. The number of hydrogen-bond acceptors (Lipinski definition) is 6. The van der Waals surface area contributed by atoms with E-state index in [1.54, 1.807) is 29.3 Å². The maximum absolute atomic E-state index is 11.9. The van der Waals surface area contributed by atoms with Crippen LogP contribution in [0.1, 0.15) is 18.2 Å². The molecule has 7 heteroatoms. The van der Waals surface area contributed by atoms with Crippen LogP contribution in [0, 0.1) is 6.92 Å². The summed E-state index contributed by atoms with van der Waals surface area (Å²) in [6.45, 7) is 5.31. The van der Waals surface area contributed by atoms with Gasteiger partial charge in [-0.1, -0.05) is 24.8 Å². The standard InChI is InChI=1S/C15H20N4OS2/c1-3-21-15-19-12(10-22-15)9-13(20)16-7-8-18-14-11(2)5-4-6-17-14/h4-6,10H,3,7-9H2,1-2H3,(H,16,20)(H,17,18). The van der Waals surface area contributed by atoms with E-state index in [0.717, 1.165) is 27.2 Å². The van der Waals surface area contributed by atoms with E-state index < -0.39 is 0 Å². The molecule has 0 fully saturated rings. The van der Waals surface area contributed by atoms with Gasteiger partial charge in [-0.25, -0.2) is 9.97 Å². The Labute approximate surface area is 139 Å². The zero-order chi connectivity index (χ0) is 15.8. The van der Waals surface area contributed by atoms with E-state index in [2.05, 4.69) is 27.5 Å². The topological polar surface area (TPSA) is 66.9 Å². The average Bonchev–Trinajstić information content (AvgIpc) is 2.93. The molecular weight excluding hydrogens is 316 g/mol. The molecule has 0 aliphatic heterocycles. The van der Waals surface area contributed by atoms with Gasteiger partial charge in [0, 0.05) is 24.7 Å². The Bertz CT molecular complexity index is 615. The van der Waals surface area contributed by atoms with Crippen LogP contribution < -0.4 is 10.6 Å². The first-order valence-corrected chi connectivity index (χ1v) is 9.05. The van der Waals surface area contributed by atoms with E-state index in [0.29, 0.717) is 19.5 Å². The molecule has 2 N–H and O–H groups in total. The van der Waals surface area contributed by atoms with Crippen molar-refractivity contribution in [1.82, 2.24) is 15.3 Å². The Morgan fingerprint density at radius 1 is 1.41 bits per heavy atom. The van der Waals surface area contributed by atoms with Crippen molar-refractivity contribution < 1.29 is 4.79 Å². The SMILES string of the molecule is CCSc1nc(CC(=O)NCCNc2ncccc2C)cs1. The molecule has 0 bridgehead atoms. The fraction of sp³-hybridized carbons (Fsp3) is 0.400. The molecule has 2 aromatic rings. The number of anilines is 1. The Morgan fingerprint density at radius 3 is 3.05 bits per heavy atom. The Hall–Kier alpha value is -1.60. The Morgan fingerprint density at radius 2 is 2.27 bits per heavy atom. The number of nitrogens with zero attached hydrogens (tertiary/aromatic N) is 2. The van der Waals surface area contributed by atoms with Gasteiger partial charge < -0.3 is 10.6 Å². The maximum Gasteiger partial charge on any atom is 0.226 e. The van der Waals surface area contributed by atoms with Gasteiger partial charge in [-0.2, -0.15) is 0 Å². The van der Waals surface area contributed by atoms with Gasteiger partial charge in [0.15, 0.2) is 0 Å². The number of hydrogen-bond donors (Lipinski definition) is 2. The summed E-state index contributed by atoms with van der Waals surface area (Å²) in [5.41, 5.74) is 1.93. The zero-order valence-electron chi connectivity index (χ0n) is 12.8. The Kier molecular flexibility index (Phi) is 6.67. The number of rotatable bonds is 8. The van der Waals surface area contributed by atoms with Crippen LogP contribution in [0.25, 0.3) is 0 Å². The number of pyridine rings is 1. The molecular formula is C15H20N4OS2. The maximum atomic E-state index is 11.9. The molecule has 5 nitrogen and oxygen atoms in total. The first-order valence-electron chi connectivity index (χ1n) is 7.18. The summed E-state index contributed by atoms with van der Waals surface area (Å²) in [7, 11) is 0. The first kappa shape index (κ1) is 16.8. The Balaban J connectivity index is 1.68. The van der Waals surface area contributed by atoms with E-state index in [-0.39, 0.29) is 5.91 Å². The molecule has 22 heavy (non-hydrogen) atoms. The summed E-state index contributed by atoms with van der Waals surface area (Å²) in [5.74, 6) is 1.85. The van der Waals surface area contributed by atoms with Crippen LogP contribution >= 0.6 is 23.1 Å². The van der Waals surface area contributed by atoms with Crippen LogP contribution in [-0.4, -0.2) is 34.7 Å². The van der Waals surface area contributed by atoms with Gasteiger partial charge in [-0.15, -0.1) is 11.3 Å². The first-order chi connectivity index (χ1) is 10.7. The van der Waals surface area contributed by atoms with E-state index in [9.17, 15) is 4.79 Å². The summed E-state index contributed by atoms with van der Waals surface area (Å²) < 4.78 is 1.03. The van der Waals surface area contributed by atoms with Crippen molar-refractivity contribution in [2.24, 2.45) is 0 Å². The second kappa shape index (κ2) is 8.75. The minimum absolute atomic E-state index is 0.00195. The monoisotopic (exact) mass is 336 g/mol. The van der Waals surface area contributed by atoms with E-state index in [1.165, 1.54) is 0 Å². The van der Waals surface area contributed by atoms with Crippen LogP contribution in [0.5, 0.6) is 0 Å². The molecule has 0 aromatic carbocycles. The molecule has 0 aliphatic rings. The van der Waals surface area contributed by atoms with Crippen molar-refractivity contribution in [3.63, 3.8) is 0 Å². The van der Waals surface area contributed by atoms with Gasteiger partial charge in [-0.05, 0) is 24.3 Å². The van der Waals surface area contributed by atoms with E-state index >= 15 is 0 Å². The number of amides is 1. The molecule has 2 aromatic heterocycles. The lowest BCUT2D eigenvalue weighted by molar-refractivity contribution is -0.120. The molecule has 0 atom stereocenters.